The number of fused-ring (bicyclic) bond motifs is 2. The fourth-order valence-corrected chi connectivity index (χ4v) is 6.13. The third-order valence-electron chi connectivity index (χ3n) is 7.71. The number of aliphatic hydroxyl groups excluding tert-OH is 1. The molecular formula is C31H35ClO3. The Kier molecular flexibility index (Phi) is 7.31. The number of aryl methyl sites for hydroxylation is 1. The second-order valence-corrected chi connectivity index (χ2v) is 10.7. The molecule has 0 saturated carbocycles. The number of aliphatic hydroxyl groups is 1. The van der Waals surface area contributed by atoms with E-state index >= 15 is 0 Å². The van der Waals surface area contributed by atoms with Crippen LogP contribution in [0.3, 0.4) is 0 Å². The molecule has 1 fully saturated rings. The predicted molar refractivity (Wildman–Crippen MR) is 141 cm³/mol. The zero-order valence-electron chi connectivity index (χ0n) is 20.7. The van der Waals surface area contributed by atoms with Crippen molar-refractivity contribution >= 4 is 11.6 Å². The average molecular weight is 491 g/mol. The standard InChI is InChI=1S/C31H35ClO3/c1-3-22-9-11-23(12-10-22)13-25-14-29-28(16-30(25)32)21(2)17-31(29)18-26(15-27(19-33)35-31)34-20-24-7-5-4-6-8-24/h4-12,14,16,21,26-27,33H,3,13,15,17-20H2,1-2H3/t21?,26?,27?,31-/m1/s1. The van der Waals surface area contributed by atoms with Crippen LogP contribution in [0.1, 0.15) is 72.4 Å². The maximum atomic E-state index is 10.1. The van der Waals surface area contributed by atoms with Crippen molar-refractivity contribution < 1.29 is 14.6 Å². The third kappa shape index (κ3) is 5.20. The molecule has 1 spiro atoms. The highest BCUT2D eigenvalue weighted by Gasteiger charge is 2.49. The molecular weight excluding hydrogens is 456 g/mol. The molecule has 3 aromatic carbocycles. The second-order valence-electron chi connectivity index (χ2n) is 10.3. The minimum atomic E-state index is -0.451. The lowest BCUT2D eigenvalue weighted by molar-refractivity contribution is -0.191. The van der Waals surface area contributed by atoms with Crippen molar-refractivity contribution in [1.82, 2.24) is 0 Å². The highest BCUT2D eigenvalue weighted by molar-refractivity contribution is 6.31. The maximum Gasteiger partial charge on any atom is 0.0969 e. The Bertz CT molecular complexity index is 1140. The molecule has 1 heterocycles. The van der Waals surface area contributed by atoms with Crippen LogP contribution in [0.25, 0.3) is 0 Å². The van der Waals surface area contributed by atoms with Gasteiger partial charge in [-0.15, -0.1) is 0 Å². The minimum Gasteiger partial charge on any atom is -0.394 e. The minimum absolute atomic E-state index is 0.000878. The Labute approximate surface area is 214 Å². The second kappa shape index (κ2) is 10.4. The molecule has 1 aliphatic carbocycles. The van der Waals surface area contributed by atoms with E-state index in [2.05, 4.69) is 62.4 Å². The summed E-state index contributed by atoms with van der Waals surface area (Å²) in [6.07, 6.45) is 4.01. The molecule has 5 rings (SSSR count). The van der Waals surface area contributed by atoms with Gasteiger partial charge in [0.15, 0.2) is 0 Å². The van der Waals surface area contributed by atoms with Crippen LogP contribution < -0.4 is 0 Å². The van der Waals surface area contributed by atoms with Gasteiger partial charge in [0.1, 0.15) is 0 Å². The first kappa shape index (κ1) is 24.5. The maximum absolute atomic E-state index is 10.1. The zero-order valence-corrected chi connectivity index (χ0v) is 21.4. The Hall–Kier alpha value is -2.17. The number of halogens is 1. The van der Waals surface area contributed by atoms with E-state index in [9.17, 15) is 5.11 Å². The van der Waals surface area contributed by atoms with Gasteiger partial charge in [-0.2, -0.15) is 0 Å². The van der Waals surface area contributed by atoms with Gasteiger partial charge >= 0.3 is 0 Å². The van der Waals surface area contributed by atoms with Crippen molar-refractivity contribution in [3.8, 4) is 0 Å². The molecule has 3 nitrogen and oxygen atoms in total. The lowest BCUT2D eigenvalue weighted by Gasteiger charge is -2.43. The van der Waals surface area contributed by atoms with E-state index in [0.29, 0.717) is 18.9 Å². The molecule has 0 bridgehead atoms. The Morgan fingerprint density at radius 2 is 1.74 bits per heavy atom. The number of benzene rings is 3. The molecule has 184 valence electrons. The summed E-state index contributed by atoms with van der Waals surface area (Å²) in [6, 6.07) is 23.5. The van der Waals surface area contributed by atoms with Crippen LogP contribution in [0.5, 0.6) is 0 Å². The molecule has 1 N–H and O–H groups in total. The summed E-state index contributed by atoms with van der Waals surface area (Å²) in [6.45, 7) is 5.00. The van der Waals surface area contributed by atoms with E-state index in [1.54, 1.807) is 0 Å². The van der Waals surface area contributed by atoms with Crippen molar-refractivity contribution in [3.63, 3.8) is 0 Å². The number of ether oxygens (including phenoxy) is 2. The molecule has 0 radical (unpaired) electrons. The molecule has 0 amide bonds. The average Bonchev–Trinajstić information content (AvgIpc) is 3.13. The van der Waals surface area contributed by atoms with Crippen molar-refractivity contribution in [3.05, 3.63) is 105 Å². The Morgan fingerprint density at radius 3 is 2.46 bits per heavy atom. The predicted octanol–water partition coefficient (Wildman–Crippen LogP) is 6.95. The normalized spacial score (nSPS) is 25.7. The summed E-state index contributed by atoms with van der Waals surface area (Å²) in [5, 5.41) is 10.9. The quantitative estimate of drug-likeness (QED) is 0.389. The smallest absolute Gasteiger partial charge is 0.0969 e. The molecule has 3 aromatic rings. The van der Waals surface area contributed by atoms with Gasteiger partial charge in [0.25, 0.3) is 0 Å². The van der Waals surface area contributed by atoms with Gasteiger partial charge in [-0.3, -0.25) is 0 Å². The van der Waals surface area contributed by atoms with Crippen LogP contribution in [0, 0.1) is 0 Å². The van der Waals surface area contributed by atoms with Gasteiger partial charge in [-0.05, 0) is 64.6 Å². The van der Waals surface area contributed by atoms with Crippen LogP contribution in [0.4, 0.5) is 0 Å². The van der Waals surface area contributed by atoms with E-state index in [0.717, 1.165) is 41.8 Å². The largest absolute Gasteiger partial charge is 0.394 e. The van der Waals surface area contributed by atoms with Gasteiger partial charge in [0, 0.05) is 17.9 Å². The van der Waals surface area contributed by atoms with Crippen molar-refractivity contribution in [2.75, 3.05) is 6.61 Å². The summed E-state index contributed by atoms with van der Waals surface area (Å²) >= 11 is 6.81. The van der Waals surface area contributed by atoms with Gasteiger partial charge in [0.05, 0.1) is 31.0 Å². The molecule has 0 aromatic heterocycles. The highest BCUT2D eigenvalue weighted by atomic mass is 35.5. The van der Waals surface area contributed by atoms with Gasteiger partial charge < -0.3 is 14.6 Å². The van der Waals surface area contributed by atoms with E-state index in [4.69, 9.17) is 21.1 Å². The lowest BCUT2D eigenvalue weighted by Crippen LogP contribution is -2.45. The van der Waals surface area contributed by atoms with Crippen LogP contribution in [0.15, 0.2) is 66.7 Å². The molecule has 35 heavy (non-hydrogen) atoms. The van der Waals surface area contributed by atoms with Crippen molar-refractivity contribution in [1.29, 1.82) is 0 Å². The summed E-state index contributed by atoms with van der Waals surface area (Å²) in [5.74, 6) is 0.340. The van der Waals surface area contributed by atoms with Crippen LogP contribution in [0.2, 0.25) is 5.02 Å². The van der Waals surface area contributed by atoms with Crippen molar-refractivity contribution in [2.45, 2.75) is 76.3 Å². The molecule has 3 unspecified atom stereocenters. The van der Waals surface area contributed by atoms with Gasteiger partial charge in [-0.25, -0.2) is 0 Å². The summed E-state index contributed by atoms with van der Waals surface area (Å²) in [4.78, 5) is 0. The van der Waals surface area contributed by atoms with Crippen LogP contribution in [-0.4, -0.2) is 23.9 Å². The molecule has 1 saturated heterocycles. The van der Waals surface area contributed by atoms with Gasteiger partial charge in [-0.1, -0.05) is 86.1 Å². The number of hydrogen-bond donors (Lipinski definition) is 1. The van der Waals surface area contributed by atoms with E-state index < -0.39 is 5.60 Å². The number of hydrogen-bond acceptors (Lipinski definition) is 3. The van der Waals surface area contributed by atoms with E-state index in [1.165, 1.54) is 22.3 Å². The van der Waals surface area contributed by atoms with E-state index in [1.807, 2.05) is 18.2 Å². The van der Waals surface area contributed by atoms with Crippen LogP contribution in [-0.2, 0) is 34.5 Å². The lowest BCUT2D eigenvalue weighted by atomic mass is 9.83. The van der Waals surface area contributed by atoms with Crippen molar-refractivity contribution in [2.24, 2.45) is 0 Å². The molecule has 1 aliphatic heterocycles. The fourth-order valence-electron chi connectivity index (χ4n) is 5.89. The first-order chi connectivity index (χ1) is 17.0. The Balaban J connectivity index is 1.42. The first-order valence-electron chi connectivity index (χ1n) is 12.8. The van der Waals surface area contributed by atoms with E-state index in [-0.39, 0.29) is 18.8 Å². The zero-order chi connectivity index (χ0) is 24.4. The summed E-state index contributed by atoms with van der Waals surface area (Å²) < 4.78 is 13.1. The number of rotatable bonds is 7. The highest BCUT2D eigenvalue weighted by Crippen LogP contribution is 2.53. The fraction of sp³-hybridized carbons (Fsp3) is 0.419. The summed E-state index contributed by atoms with van der Waals surface area (Å²) in [5.41, 5.74) is 6.92. The third-order valence-corrected chi connectivity index (χ3v) is 8.06. The molecule has 4 heteroatoms. The first-order valence-corrected chi connectivity index (χ1v) is 13.2. The molecule has 2 aliphatic rings. The SMILES string of the molecule is CCc1ccc(Cc2cc3c(cc2Cl)C(C)C[C@@]32CC(OCc3ccccc3)CC(CO)O2)cc1. The monoisotopic (exact) mass is 490 g/mol. The molecule has 4 atom stereocenters. The topological polar surface area (TPSA) is 38.7 Å². The summed E-state index contributed by atoms with van der Waals surface area (Å²) in [7, 11) is 0. The Morgan fingerprint density at radius 1 is 1.00 bits per heavy atom. The van der Waals surface area contributed by atoms with Crippen LogP contribution >= 0.6 is 11.6 Å². The van der Waals surface area contributed by atoms with Gasteiger partial charge in [0.2, 0.25) is 0 Å².